The van der Waals surface area contributed by atoms with E-state index in [2.05, 4.69) is 14.9 Å². The number of hydrogen-bond acceptors (Lipinski definition) is 4. The van der Waals surface area contributed by atoms with E-state index in [0.29, 0.717) is 5.92 Å². The zero-order chi connectivity index (χ0) is 12.7. The molecule has 0 aliphatic carbocycles. The van der Waals surface area contributed by atoms with Crippen molar-refractivity contribution in [2.45, 2.75) is 24.9 Å². The van der Waals surface area contributed by atoms with Gasteiger partial charge in [-0.25, -0.2) is 0 Å². The summed E-state index contributed by atoms with van der Waals surface area (Å²) in [6.45, 7) is 4.42. The summed E-state index contributed by atoms with van der Waals surface area (Å²) < 4.78 is 6.32. The summed E-state index contributed by atoms with van der Waals surface area (Å²) >= 11 is 0. The van der Waals surface area contributed by atoms with Crippen LogP contribution < -0.4 is 0 Å². The van der Waals surface area contributed by atoms with Gasteiger partial charge < -0.3 is 4.74 Å². The van der Waals surface area contributed by atoms with Crippen molar-refractivity contribution in [1.29, 1.82) is 0 Å². The predicted molar refractivity (Wildman–Crippen MR) is 73.2 cm³/mol. The van der Waals surface area contributed by atoms with Crippen LogP contribution in [0.3, 0.4) is 0 Å². The van der Waals surface area contributed by atoms with Gasteiger partial charge >= 0.3 is 0 Å². The highest BCUT2D eigenvalue weighted by Gasteiger charge is 2.51. The number of nitrogens with zero attached hydrogens (tertiary/aromatic N) is 3. The lowest BCUT2D eigenvalue weighted by atomic mass is 9.75. The molecule has 5 heterocycles. The van der Waals surface area contributed by atoms with Gasteiger partial charge in [-0.05, 0) is 43.6 Å². The van der Waals surface area contributed by atoms with Gasteiger partial charge in [0.05, 0.1) is 6.54 Å². The molecule has 4 aliphatic rings. The average molecular weight is 257 g/mol. The third-order valence-corrected chi connectivity index (χ3v) is 4.77. The Morgan fingerprint density at radius 2 is 2.05 bits per heavy atom. The third kappa shape index (κ3) is 1.94. The summed E-state index contributed by atoms with van der Waals surface area (Å²) in [5.41, 5.74) is 1.23. The van der Waals surface area contributed by atoms with Gasteiger partial charge in [0.15, 0.2) is 5.90 Å². The summed E-state index contributed by atoms with van der Waals surface area (Å²) in [5.74, 6) is 1.62. The molecule has 0 amide bonds. The highest BCUT2D eigenvalue weighted by atomic mass is 16.5. The Morgan fingerprint density at radius 1 is 1.26 bits per heavy atom. The Morgan fingerprint density at radius 3 is 2.74 bits per heavy atom. The highest BCUT2D eigenvalue weighted by molar-refractivity contribution is 5.80. The van der Waals surface area contributed by atoms with E-state index in [1.807, 2.05) is 24.5 Å². The van der Waals surface area contributed by atoms with E-state index >= 15 is 0 Å². The number of aliphatic imine (C=N–C) groups is 1. The molecule has 1 aromatic rings. The number of ether oxygens (including phenoxy) is 1. The molecule has 0 unspecified atom stereocenters. The smallest absolute Gasteiger partial charge is 0.188 e. The lowest BCUT2D eigenvalue weighted by molar-refractivity contribution is -0.0837. The van der Waals surface area contributed by atoms with E-state index in [0.717, 1.165) is 25.4 Å². The van der Waals surface area contributed by atoms with Crippen molar-refractivity contribution in [2.24, 2.45) is 10.9 Å². The van der Waals surface area contributed by atoms with Gasteiger partial charge in [0.25, 0.3) is 0 Å². The molecular formula is C15H19N3O. The monoisotopic (exact) mass is 257 g/mol. The van der Waals surface area contributed by atoms with Crippen LogP contribution in [0.15, 0.2) is 29.5 Å². The van der Waals surface area contributed by atoms with Crippen LogP contribution in [-0.2, 0) is 11.2 Å². The molecule has 0 aromatic carbocycles. The molecule has 0 saturated carbocycles. The first-order valence-corrected chi connectivity index (χ1v) is 7.18. The Balaban J connectivity index is 1.48. The highest BCUT2D eigenvalue weighted by Crippen LogP contribution is 2.41. The summed E-state index contributed by atoms with van der Waals surface area (Å²) in [6, 6.07) is 4.07. The summed E-state index contributed by atoms with van der Waals surface area (Å²) in [7, 11) is 0. The number of aromatic nitrogens is 1. The molecule has 0 N–H and O–H groups in total. The maximum atomic E-state index is 6.32. The standard InChI is InChI=1S/C15H19N3O/c1-5-16-6-2-12(1)9-14-17-10-15(19-14)11-18-7-3-13(15)4-8-18/h1-2,5-6,13H,3-4,7-11H2/t15-/m0/s1. The molecule has 2 bridgehead atoms. The Kier molecular flexibility index (Phi) is 2.58. The maximum Gasteiger partial charge on any atom is 0.188 e. The van der Waals surface area contributed by atoms with Crippen LogP contribution in [0, 0.1) is 5.92 Å². The molecule has 4 aliphatic heterocycles. The first kappa shape index (κ1) is 11.4. The lowest BCUT2D eigenvalue weighted by Gasteiger charge is -2.50. The summed E-state index contributed by atoms with van der Waals surface area (Å²) in [4.78, 5) is 11.3. The Bertz CT molecular complexity index is 493. The van der Waals surface area contributed by atoms with Gasteiger partial charge in [-0.3, -0.25) is 14.9 Å². The topological polar surface area (TPSA) is 37.7 Å². The van der Waals surface area contributed by atoms with Crippen molar-refractivity contribution in [1.82, 2.24) is 9.88 Å². The number of fused-ring (bicyclic) bond motifs is 2. The molecule has 0 radical (unpaired) electrons. The van der Waals surface area contributed by atoms with Gasteiger partial charge in [-0.1, -0.05) is 0 Å². The van der Waals surface area contributed by atoms with Crippen molar-refractivity contribution in [3.05, 3.63) is 30.1 Å². The molecule has 1 atom stereocenters. The number of rotatable bonds is 2. The summed E-state index contributed by atoms with van der Waals surface area (Å²) in [5, 5.41) is 0. The number of piperidine rings is 3. The van der Waals surface area contributed by atoms with Crippen LogP contribution in [0.5, 0.6) is 0 Å². The molecule has 19 heavy (non-hydrogen) atoms. The Hall–Kier alpha value is -1.42. The van der Waals surface area contributed by atoms with Crippen LogP contribution in [-0.4, -0.2) is 47.6 Å². The first-order valence-electron chi connectivity index (χ1n) is 7.18. The van der Waals surface area contributed by atoms with Gasteiger partial charge in [0.1, 0.15) is 5.60 Å². The molecule has 100 valence electrons. The second-order valence-electron chi connectivity index (χ2n) is 5.96. The van der Waals surface area contributed by atoms with Crippen molar-refractivity contribution in [3.8, 4) is 0 Å². The third-order valence-electron chi connectivity index (χ3n) is 4.77. The van der Waals surface area contributed by atoms with Crippen LogP contribution in [0.4, 0.5) is 0 Å². The van der Waals surface area contributed by atoms with Crippen molar-refractivity contribution >= 4 is 5.90 Å². The van der Waals surface area contributed by atoms with Crippen LogP contribution in [0.25, 0.3) is 0 Å². The zero-order valence-corrected chi connectivity index (χ0v) is 11.1. The largest absolute Gasteiger partial charge is 0.471 e. The first-order chi connectivity index (χ1) is 9.34. The average Bonchev–Trinajstić information content (AvgIpc) is 2.84. The van der Waals surface area contributed by atoms with E-state index < -0.39 is 0 Å². The summed E-state index contributed by atoms with van der Waals surface area (Å²) in [6.07, 6.45) is 7.01. The van der Waals surface area contributed by atoms with E-state index in [4.69, 9.17) is 4.74 Å². The minimum Gasteiger partial charge on any atom is -0.471 e. The van der Waals surface area contributed by atoms with Gasteiger partial charge in [0, 0.05) is 31.3 Å². The fourth-order valence-electron chi connectivity index (χ4n) is 3.71. The Labute approximate surface area is 113 Å². The van der Waals surface area contributed by atoms with Gasteiger partial charge in [0.2, 0.25) is 0 Å². The molecule has 1 spiro atoms. The van der Waals surface area contributed by atoms with Crippen molar-refractivity contribution < 1.29 is 4.74 Å². The second-order valence-corrected chi connectivity index (χ2v) is 5.96. The zero-order valence-electron chi connectivity index (χ0n) is 11.1. The molecule has 3 fully saturated rings. The number of hydrogen-bond donors (Lipinski definition) is 0. The quantitative estimate of drug-likeness (QED) is 0.806. The minimum absolute atomic E-state index is 0.00113. The molecule has 4 nitrogen and oxygen atoms in total. The van der Waals surface area contributed by atoms with Crippen molar-refractivity contribution in [2.75, 3.05) is 26.2 Å². The SMILES string of the molecule is c1cc(CC2=NC[C@@]3(CN4CCC3CC4)O2)ccn1. The number of pyridine rings is 1. The van der Waals surface area contributed by atoms with E-state index in [1.54, 1.807) is 0 Å². The van der Waals surface area contributed by atoms with Gasteiger partial charge in [-0.2, -0.15) is 0 Å². The molecule has 5 rings (SSSR count). The molecule has 3 saturated heterocycles. The van der Waals surface area contributed by atoms with Crippen LogP contribution in [0.2, 0.25) is 0 Å². The fourth-order valence-corrected chi connectivity index (χ4v) is 3.71. The van der Waals surface area contributed by atoms with E-state index in [9.17, 15) is 0 Å². The fraction of sp³-hybridized carbons (Fsp3) is 0.600. The molecular weight excluding hydrogens is 238 g/mol. The normalized spacial score (nSPS) is 36.3. The second kappa shape index (κ2) is 4.30. The van der Waals surface area contributed by atoms with Gasteiger partial charge in [-0.15, -0.1) is 0 Å². The lowest BCUT2D eigenvalue weighted by Crippen LogP contribution is -2.60. The van der Waals surface area contributed by atoms with Crippen LogP contribution in [0.1, 0.15) is 18.4 Å². The van der Waals surface area contributed by atoms with Crippen molar-refractivity contribution in [3.63, 3.8) is 0 Å². The predicted octanol–water partition coefficient (Wildman–Crippen LogP) is 1.52. The van der Waals surface area contributed by atoms with E-state index in [1.165, 1.54) is 31.5 Å². The van der Waals surface area contributed by atoms with Crippen LogP contribution >= 0.6 is 0 Å². The minimum atomic E-state index is -0.00113. The molecule has 1 aromatic heterocycles. The molecule has 4 heteroatoms. The van der Waals surface area contributed by atoms with E-state index in [-0.39, 0.29) is 5.60 Å². The maximum absolute atomic E-state index is 6.32.